The molecule has 1 N–H and O–H groups in total. The number of rotatable bonds is 3. The van der Waals surface area contributed by atoms with E-state index in [2.05, 4.69) is 28.8 Å². The average Bonchev–Trinajstić information content (AvgIpc) is 2.30. The molecule has 0 bridgehead atoms. The fraction of sp³-hybridized carbons (Fsp3) is 0.154. The van der Waals surface area contributed by atoms with E-state index in [4.69, 9.17) is 5.41 Å². The largest absolute Gasteiger partial charge is 0.354 e. The molecular weight excluding hydrogens is 220 g/mol. The third-order valence-electron chi connectivity index (χ3n) is 2.39. The first-order valence-corrected chi connectivity index (χ1v) is 5.09. The minimum atomic E-state index is 0. The van der Waals surface area contributed by atoms with Crippen LogP contribution >= 0.6 is 12.4 Å². The van der Waals surface area contributed by atoms with Gasteiger partial charge in [0.15, 0.2) is 0 Å². The molecule has 0 aliphatic rings. The summed E-state index contributed by atoms with van der Waals surface area (Å²) in [6.45, 7) is 0.963. The Morgan fingerprint density at radius 1 is 0.938 bits per heavy atom. The van der Waals surface area contributed by atoms with Crippen molar-refractivity contribution in [3.8, 4) is 0 Å². The monoisotopic (exact) mass is 234 g/mol. The van der Waals surface area contributed by atoms with Crippen LogP contribution in [-0.4, -0.2) is 4.57 Å². The second-order valence-electron chi connectivity index (χ2n) is 3.56. The Bertz CT molecular complexity index is 456. The van der Waals surface area contributed by atoms with Crippen molar-refractivity contribution in [1.82, 2.24) is 4.57 Å². The van der Waals surface area contributed by atoms with Crippen molar-refractivity contribution in [2.45, 2.75) is 13.0 Å². The lowest BCUT2D eigenvalue weighted by atomic mass is 10.1. The zero-order chi connectivity index (χ0) is 10.5. The minimum Gasteiger partial charge on any atom is -0.354 e. The van der Waals surface area contributed by atoms with Crippen LogP contribution < -0.4 is 5.36 Å². The summed E-state index contributed by atoms with van der Waals surface area (Å²) in [5.74, 6) is 0. The van der Waals surface area contributed by atoms with Crippen molar-refractivity contribution >= 4 is 12.4 Å². The molecule has 0 saturated heterocycles. The van der Waals surface area contributed by atoms with Gasteiger partial charge in [0.05, 0.1) is 5.36 Å². The number of nitrogens with zero attached hydrogens (tertiary/aromatic N) is 1. The van der Waals surface area contributed by atoms with Crippen LogP contribution in [0.4, 0.5) is 0 Å². The third kappa shape index (κ3) is 3.55. The van der Waals surface area contributed by atoms with Crippen LogP contribution in [0.5, 0.6) is 0 Å². The fourth-order valence-electron chi connectivity index (χ4n) is 1.51. The smallest absolute Gasteiger partial charge is 0.0568 e. The van der Waals surface area contributed by atoms with E-state index in [9.17, 15) is 0 Å². The molecule has 3 heteroatoms. The van der Waals surface area contributed by atoms with Crippen LogP contribution in [0.15, 0.2) is 54.9 Å². The predicted octanol–water partition coefficient (Wildman–Crippen LogP) is 2.63. The Hall–Kier alpha value is -1.54. The Morgan fingerprint density at radius 2 is 1.56 bits per heavy atom. The van der Waals surface area contributed by atoms with E-state index >= 15 is 0 Å². The molecule has 2 aromatic rings. The number of pyridine rings is 1. The number of nitrogens with one attached hydrogen (secondary N) is 1. The van der Waals surface area contributed by atoms with Crippen molar-refractivity contribution in [3.05, 3.63) is 65.8 Å². The molecule has 0 atom stereocenters. The van der Waals surface area contributed by atoms with Gasteiger partial charge in [-0.15, -0.1) is 12.4 Å². The van der Waals surface area contributed by atoms with E-state index in [1.807, 2.05) is 30.6 Å². The Labute approximate surface area is 101 Å². The summed E-state index contributed by atoms with van der Waals surface area (Å²) in [6.07, 6.45) is 4.93. The van der Waals surface area contributed by atoms with Crippen molar-refractivity contribution in [3.63, 3.8) is 0 Å². The van der Waals surface area contributed by atoms with Gasteiger partial charge in [0.25, 0.3) is 0 Å². The maximum atomic E-state index is 7.37. The molecule has 1 heterocycles. The van der Waals surface area contributed by atoms with Crippen molar-refractivity contribution in [2.24, 2.45) is 0 Å². The Balaban J connectivity index is 0.00000128. The molecule has 0 spiro atoms. The maximum Gasteiger partial charge on any atom is 0.0568 e. The van der Waals surface area contributed by atoms with Gasteiger partial charge in [-0.1, -0.05) is 30.3 Å². The summed E-state index contributed by atoms with van der Waals surface area (Å²) in [7, 11) is 0. The van der Waals surface area contributed by atoms with E-state index in [-0.39, 0.29) is 12.4 Å². The van der Waals surface area contributed by atoms with Crippen molar-refractivity contribution in [2.75, 3.05) is 0 Å². The summed E-state index contributed by atoms with van der Waals surface area (Å²) in [4.78, 5) is 0. The summed E-state index contributed by atoms with van der Waals surface area (Å²) < 4.78 is 2.10. The predicted molar refractivity (Wildman–Crippen MR) is 67.7 cm³/mol. The van der Waals surface area contributed by atoms with Crippen LogP contribution in [-0.2, 0) is 13.0 Å². The average molecular weight is 235 g/mol. The van der Waals surface area contributed by atoms with Gasteiger partial charge in [0.2, 0.25) is 0 Å². The molecule has 0 saturated carbocycles. The molecular formula is C13H15ClN2. The van der Waals surface area contributed by atoms with Gasteiger partial charge in [-0.2, -0.15) is 0 Å². The molecule has 1 aromatic heterocycles. The molecule has 1 aromatic carbocycles. The van der Waals surface area contributed by atoms with Gasteiger partial charge in [-0.3, -0.25) is 0 Å². The van der Waals surface area contributed by atoms with E-state index in [0.29, 0.717) is 5.36 Å². The highest BCUT2D eigenvalue weighted by atomic mass is 35.5. The number of aromatic nitrogens is 1. The number of halogens is 1. The van der Waals surface area contributed by atoms with Crippen LogP contribution in [0, 0.1) is 5.41 Å². The molecule has 84 valence electrons. The van der Waals surface area contributed by atoms with Gasteiger partial charge in [0.1, 0.15) is 0 Å². The maximum absolute atomic E-state index is 7.37. The lowest BCUT2D eigenvalue weighted by Gasteiger charge is -2.05. The standard InChI is InChI=1S/C13H14N2.ClH/c14-13-7-10-15(11-8-13)9-6-12-4-2-1-3-5-12;/h1-5,7-8,10-11,14H,6,9H2;1H. The van der Waals surface area contributed by atoms with Crippen LogP contribution in [0.1, 0.15) is 5.56 Å². The molecule has 2 nitrogen and oxygen atoms in total. The topological polar surface area (TPSA) is 28.8 Å². The first-order chi connectivity index (χ1) is 7.34. The molecule has 0 amide bonds. The van der Waals surface area contributed by atoms with E-state index in [1.54, 1.807) is 0 Å². The number of aryl methyl sites for hydroxylation is 2. The zero-order valence-corrected chi connectivity index (χ0v) is 9.78. The fourth-order valence-corrected chi connectivity index (χ4v) is 1.51. The Morgan fingerprint density at radius 3 is 2.19 bits per heavy atom. The zero-order valence-electron chi connectivity index (χ0n) is 8.97. The quantitative estimate of drug-likeness (QED) is 0.846. The van der Waals surface area contributed by atoms with Crippen LogP contribution in [0.2, 0.25) is 0 Å². The highest BCUT2D eigenvalue weighted by molar-refractivity contribution is 5.85. The number of benzene rings is 1. The molecule has 0 aliphatic carbocycles. The van der Waals surface area contributed by atoms with Gasteiger partial charge >= 0.3 is 0 Å². The normalized spacial score (nSPS) is 9.50. The van der Waals surface area contributed by atoms with E-state index in [0.717, 1.165) is 13.0 Å². The second-order valence-corrected chi connectivity index (χ2v) is 3.56. The third-order valence-corrected chi connectivity index (χ3v) is 2.39. The summed E-state index contributed by atoms with van der Waals surface area (Å²) in [5, 5.41) is 7.94. The van der Waals surface area contributed by atoms with Gasteiger partial charge in [-0.25, -0.2) is 0 Å². The highest BCUT2D eigenvalue weighted by Crippen LogP contribution is 2.00. The van der Waals surface area contributed by atoms with Gasteiger partial charge in [0, 0.05) is 18.9 Å². The highest BCUT2D eigenvalue weighted by Gasteiger charge is 1.91. The van der Waals surface area contributed by atoms with E-state index in [1.165, 1.54) is 5.56 Å². The summed E-state index contributed by atoms with van der Waals surface area (Å²) >= 11 is 0. The summed E-state index contributed by atoms with van der Waals surface area (Å²) in [5.41, 5.74) is 1.35. The van der Waals surface area contributed by atoms with Gasteiger partial charge < -0.3 is 9.98 Å². The number of hydrogen-bond acceptors (Lipinski definition) is 1. The molecule has 0 fully saturated rings. The molecule has 0 unspecified atom stereocenters. The molecule has 0 radical (unpaired) electrons. The van der Waals surface area contributed by atoms with Crippen molar-refractivity contribution < 1.29 is 0 Å². The minimum absolute atomic E-state index is 0. The van der Waals surface area contributed by atoms with E-state index < -0.39 is 0 Å². The second kappa shape index (κ2) is 6.13. The SMILES string of the molecule is Cl.N=c1ccn(CCc2ccccc2)cc1. The lowest BCUT2D eigenvalue weighted by Crippen LogP contribution is -2.05. The summed E-state index contributed by atoms with van der Waals surface area (Å²) in [6, 6.07) is 14.1. The molecule has 16 heavy (non-hydrogen) atoms. The molecule has 2 rings (SSSR count). The van der Waals surface area contributed by atoms with Crippen molar-refractivity contribution in [1.29, 1.82) is 5.41 Å². The first-order valence-electron chi connectivity index (χ1n) is 5.09. The molecule has 0 aliphatic heterocycles. The van der Waals surface area contributed by atoms with Crippen LogP contribution in [0.3, 0.4) is 0 Å². The Kier molecular flexibility index (Phi) is 4.80. The van der Waals surface area contributed by atoms with Gasteiger partial charge in [-0.05, 0) is 24.1 Å². The lowest BCUT2D eigenvalue weighted by molar-refractivity contribution is 0.689. The number of hydrogen-bond donors (Lipinski definition) is 1. The van der Waals surface area contributed by atoms with Crippen LogP contribution in [0.25, 0.3) is 0 Å². The first kappa shape index (κ1) is 12.5.